The first-order chi connectivity index (χ1) is 9.70. The number of rotatable bonds is 6. The van der Waals surface area contributed by atoms with E-state index in [1.54, 1.807) is 10.9 Å². The minimum Gasteiger partial charge on any atom is -0.494 e. The number of hydrogen-bond donors (Lipinski definition) is 1. The number of ether oxygens (including phenoxy) is 1. The largest absolute Gasteiger partial charge is 0.494 e. The van der Waals surface area contributed by atoms with Crippen molar-refractivity contribution < 1.29 is 4.74 Å². The fourth-order valence-corrected chi connectivity index (χ4v) is 1.87. The van der Waals surface area contributed by atoms with Crippen molar-refractivity contribution >= 4 is 18.4 Å². The number of aromatic nitrogens is 3. The summed E-state index contributed by atoms with van der Waals surface area (Å²) in [5.41, 5.74) is 0.960. The van der Waals surface area contributed by atoms with Gasteiger partial charge in [0.15, 0.2) is 0 Å². The van der Waals surface area contributed by atoms with Crippen LogP contribution in [0.15, 0.2) is 29.4 Å². The fraction of sp³-hybridized carbons (Fsp3) is 0.357. The normalized spacial score (nSPS) is 11.1. The summed E-state index contributed by atoms with van der Waals surface area (Å²) in [4.78, 5) is 0. The fourth-order valence-electron chi connectivity index (χ4n) is 1.65. The molecule has 6 heteroatoms. The molecular weight excluding hydrogens is 272 g/mol. The highest BCUT2D eigenvalue weighted by Crippen LogP contribution is 2.12. The van der Waals surface area contributed by atoms with Crippen LogP contribution in [-0.2, 0) is 0 Å². The Balaban J connectivity index is 2.10. The summed E-state index contributed by atoms with van der Waals surface area (Å²) in [5.74, 6) is 1.58. The van der Waals surface area contributed by atoms with E-state index in [2.05, 4.69) is 22.2 Å². The third kappa shape index (κ3) is 3.77. The van der Waals surface area contributed by atoms with Crippen molar-refractivity contribution in [2.45, 2.75) is 26.7 Å². The Hall–Kier alpha value is -1.95. The number of benzene rings is 1. The van der Waals surface area contributed by atoms with Crippen LogP contribution < -0.4 is 4.74 Å². The summed E-state index contributed by atoms with van der Waals surface area (Å²) in [6.45, 7) is 4.72. The first-order valence-electron chi connectivity index (χ1n) is 6.62. The lowest BCUT2D eigenvalue weighted by molar-refractivity contribution is 0.309. The van der Waals surface area contributed by atoms with Crippen LogP contribution in [0.5, 0.6) is 5.75 Å². The molecule has 5 nitrogen and oxygen atoms in total. The summed E-state index contributed by atoms with van der Waals surface area (Å²) < 4.78 is 7.73. The molecule has 0 amide bonds. The van der Waals surface area contributed by atoms with Crippen molar-refractivity contribution in [3.05, 3.63) is 40.4 Å². The maximum Gasteiger partial charge on any atom is 0.216 e. The van der Waals surface area contributed by atoms with Gasteiger partial charge in [-0.05, 0) is 43.3 Å². The monoisotopic (exact) mass is 290 g/mol. The number of unbranched alkanes of at least 4 members (excludes halogenated alkanes) is 1. The Bertz CT molecular complexity index is 645. The molecule has 0 fully saturated rings. The van der Waals surface area contributed by atoms with Crippen LogP contribution in [0, 0.1) is 11.7 Å². The van der Waals surface area contributed by atoms with Gasteiger partial charge < -0.3 is 4.74 Å². The van der Waals surface area contributed by atoms with Gasteiger partial charge in [-0.2, -0.15) is 14.9 Å². The molecule has 0 radical (unpaired) electrons. The van der Waals surface area contributed by atoms with Crippen molar-refractivity contribution in [3.63, 3.8) is 0 Å². The van der Waals surface area contributed by atoms with Crippen LogP contribution in [0.4, 0.5) is 0 Å². The average Bonchev–Trinajstić information content (AvgIpc) is 2.77. The molecule has 0 aliphatic carbocycles. The molecule has 2 aromatic rings. The molecule has 0 unspecified atom stereocenters. The topological polar surface area (TPSA) is 55.2 Å². The number of aromatic amines is 1. The molecule has 1 N–H and O–H groups in total. The van der Waals surface area contributed by atoms with Gasteiger partial charge in [-0.1, -0.05) is 25.5 Å². The quantitative estimate of drug-likeness (QED) is 0.504. The Morgan fingerprint density at radius 3 is 3.05 bits per heavy atom. The maximum absolute atomic E-state index is 5.66. The third-order valence-corrected chi connectivity index (χ3v) is 3.02. The molecule has 0 saturated heterocycles. The number of hydrogen-bond acceptors (Lipinski definition) is 4. The second-order valence-electron chi connectivity index (χ2n) is 4.41. The van der Waals surface area contributed by atoms with E-state index < -0.39 is 0 Å². The molecule has 1 heterocycles. The van der Waals surface area contributed by atoms with E-state index >= 15 is 0 Å². The summed E-state index contributed by atoms with van der Waals surface area (Å²) in [6, 6.07) is 7.82. The van der Waals surface area contributed by atoms with Crippen LogP contribution >= 0.6 is 12.2 Å². The van der Waals surface area contributed by atoms with E-state index in [0.717, 1.165) is 36.6 Å². The maximum atomic E-state index is 5.66. The van der Waals surface area contributed by atoms with Crippen LogP contribution in [-0.4, -0.2) is 27.7 Å². The predicted octanol–water partition coefficient (Wildman–Crippen LogP) is 3.31. The van der Waals surface area contributed by atoms with Crippen LogP contribution in [0.3, 0.4) is 0 Å². The van der Waals surface area contributed by atoms with Gasteiger partial charge in [-0.15, -0.1) is 0 Å². The molecule has 0 atom stereocenters. The van der Waals surface area contributed by atoms with Crippen molar-refractivity contribution in [2.24, 2.45) is 5.10 Å². The van der Waals surface area contributed by atoms with E-state index in [-0.39, 0.29) is 0 Å². The van der Waals surface area contributed by atoms with Crippen molar-refractivity contribution in [1.29, 1.82) is 0 Å². The van der Waals surface area contributed by atoms with Gasteiger partial charge in [0, 0.05) is 0 Å². The van der Waals surface area contributed by atoms with Gasteiger partial charge >= 0.3 is 0 Å². The van der Waals surface area contributed by atoms with Gasteiger partial charge in [0.25, 0.3) is 0 Å². The molecular formula is C14H18N4OS. The lowest BCUT2D eigenvalue weighted by atomic mass is 10.2. The first kappa shape index (κ1) is 14.5. The zero-order chi connectivity index (χ0) is 14.4. The summed E-state index contributed by atoms with van der Waals surface area (Å²) in [5, 5.41) is 11.0. The molecule has 20 heavy (non-hydrogen) atoms. The molecule has 2 rings (SSSR count). The zero-order valence-corrected chi connectivity index (χ0v) is 12.5. The molecule has 0 aliphatic rings. The van der Waals surface area contributed by atoms with E-state index in [0.29, 0.717) is 4.77 Å². The Morgan fingerprint density at radius 1 is 1.50 bits per heavy atom. The van der Waals surface area contributed by atoms with E-state index in [4.69, 9.17) is 17.0 Å². The van der Waals surface area contributed by atoms with Gasteiger partial charge in [-0.3, -0.25) is 5.10 Å². The highest BCUT2D eigenvalue weighted by Gasteiger charge is 1.98. The smallest absolute Gasteiger partial charge is 0.216 e. The zero-order valence-electron chi connectivity index (χ0n) is 11.7. The van der Waals surface area contributed by atoms with Gasteiger partial charge in [-0.25, -0.2) is 0 Å². The average molecular weight is 290 g/mol. The highest BCUT2D eigenvalue weighted by atomic mass is 32.1. The number of aryl methyl sites for hydroxylation is 1. The van der Waals surface area contributed by atoms with Crippen molar-refractivity contribution in [3.8, 4) is 5.75 Å². The molecule has 1 aromatic heterocycles. The standard InChI is InChI=1S/C14H18N4OS/c1-3-4-8-19-13-7-5-6-12(9-13)10-15-18-11(2)16-17-14(18)20/h5-7,9-10H,3-4,8H2,1-2H3,(H,17,20)/b15-10-. The molecule has 0 aliphatic heterocycles. The van der Waals surface area contributed by atoms with E-state index in [1.165, 1.54) is 0 Å². The Morgan fingerprint density at radius 2 is 2.35 bits per heavy atom. The lowest BCUT2D eigenvalue weighted by Crippen LogP contribution is -1.97. The summed E-state index contributed by atoms with van der Waals surface area (Å²) >= 11 is 5.09. The lowest BCUT2D eigenvalue weighted by Gasteiger charge is -2.05. The number of nitrogens with one attached hydrogen (secondary N) is 1. The predicted molar refractivity (Wildman–Crippen MR) is 82.0 cm³/mol. The highest BCUT2D eigenvalue weighted by molar-refractivity contribution is 7.71. The Kier molecular flexibility index (Phi) is 5.06. The summed E-state index contributed by atoms with van der Waals surface area (Å²) in [6.07, 6.45) is 3.92. The second kappa shape index (κ2) is 7.00. The number of nitrogens with zero attached hydrogens (tertiary/aromatic N) is 3. The van der Waals surface area contributed by atoms with Crippen LogP contribution in [0.1, 0.15) is 31.2 Å². The molecule has 0 bridgehead atoms. The Labute approximate surface area is 123 Å². The molecule has 1 aromatic carbocycles. The van der Waals surface area contributed by atoms with E-state index in [1.807, 2.05) is 31.2 Å². The molecule has 0 spiro atoms. The number of H-pyrrole nitrogens is 1. The third-order valence-electron chi connectivity index (χ3n) is 2.76. The van der Waals surface area contributed by atoms with Gasteiger partial charge in [0.2, 0.25) is 4.77 Å². The minimum absolute atomic E-state index is 0.481. The SMILES string of the molecule is CCCCOc1cccc(/C=N\n2c(C)n[nH]c2=S)c1. The van der Waals surface area contributed by atoms with Crippen molar-refractivity contribution in [2.75, 3.05) is 6.61 Å². The molecule has 0 saturated carbocycles. The second-order valence-corrected chi connectivity index (χ2v) is 4.79. The summed E-state index contributed by atoms with van der Waals surface area (Å²) in [7, 11) is 0. The van der Waals surface area contributed by atoms with E-state index in [9.17, 15) is 0 Å². The van der Waals surface area contributed by atoms with Crippen molar-refractivity contribution in [1.82, 2.24) is 14.9 Å². The van der Waals surface area contributed by atoms with Gasteiger partial charge in [0.1, 0.15) is 11.6 Å². The van der Waals surface area contributed by atoms with Crippen LogP contribution in [0.2, 0.25) is 0 Å². The first-order valence-corrected chi connectivity index (χ1v) is 7.02. The molecule has 106 valence electrons. The minimum atomic E-state index is 0.481. The van der Waals surface area contributed by atoms with Gasteiger partial charge in [0.05, 0.1) is 12.8 Å². The van der Waals surface area contributed by atoms with Crippen LogP contribution in [0.25, 0.3) is 0 Å².